The molecule has 0 spiro atoms. The number of amides is 1. The summed E-state index contributed by atoms with van der Waals surface area (Å²) >= 11 is 0. The van der Waals surface area contributed by atoms with Crippen molar-refractivity contribution in [1.29, 1.82) is 0 Å². The molecule has 0 radical (unpaired) electrons. The van der Waals surface area contributed by atoms with E-state index in [1.807, 2.05) is 20.8 Å². The number of rotatable bonds is 6. The molecule has 1 aromatic carbocycles. The predicted octanol–water partition coefficient (Wildman–Crippen LogP) is 3.58. The van der Waals surface area contributed by atoms with Crippen molar-refractivity contribution in [3.05, 3.63) is 29.8 Å². The number of aryl methyl sites for hydroxylation is 1. The minimum atomic E-state index is -0.452. The summed E-state index contributed by atoms with van der Waals surface area (Å²) in [5.74, 6) is 0. The molecule has 1 aromatic rings. The highest BCUT2D eigenvalue weighted by molar-refractivity contribution is 5.67. The zero-order valence-electron chi connectivity index (χ0n) is 13.0. The number of nitrogens with one attached hydrogen (secondary N) is 2. The summed E-state index contributed by atoms with van der Waals surface area (Å²) in [7, 11) is 0. The van der Waals surface area contributed by atoms with Crippen LogP contribution < -0.4 is 10.6 Å². The molecule has 0 aliphatic heterocycles. The first-order valence-electron chi connectivity index (χ1n) is 7.20. The molecule has 1 amide bonds. The van der Waals surface area contributed by atoms with Crippen molar-refractivity contribution in [3.63, 3.8) is 0 Å². The molecule has 0 saturated heterocycles. The van der Waals surface area contributed by atoms with E-state index in [1.165, 1.54) is 5.56 Å². The molecule has 0 heterocycles. The smallest absolute Gasteiger partial charge is 0.407 e. The Kier molecular flexibility index (Phi) is 6.36. The van der Waals surface area contributed by atoms with Gasteiger partial charge in [0.2, 0.25) is 0 Å². The van der Waals surface area contributed by atoms with Gasteiger partial charge in [-0.15, -0.1) is 0 Å². The first-order valence-corrected chi connectivity index (χ1v) is 7.20. The van der Waals surface area contributed by atoms with Crippen molar-refractivity contribution in [1.82, 2.24) is 5.32 Å². The van der Waals surface area contributed by atoms with Gasteiger partial charge in [0.1, 0.15) is 5.60 Å². The number of anilines is 1. The van der Waals surface area contributed by atoms with Crippen LogP contribution in [0, 0.1) is 0 Å². The van der Waals surface area contributed by atoms with Crippen LogP contribution in [0.4, 0.5) is 10.5 Å². The minimum absolute atomic E-state index is 0.377. The van der Waals surface area contributed by atoms with Crippen LogP contribution in [0.25, 0.3) is 0 Å². The third kappa shape index (κ3) is 7.02. The highest BCUT2D eigenvalue weighted by atomic mass is 16.6. The molecular formula is C16H26N2O2. The maximum absolute atomic E-state index is 11.4. The molecule has 1 rings (SSSR count). The van der Waals surface area contributed by atoms with Crippen LogP contribution in [0.5, 0.6) is 0 Å². The second-order valence-corrected chi connectivity index (χ2v) is 5.80. The summed E-state index contributed by atoms with van der Waals surface area (Å²) in [6.07, 6.45) is 1.89. The van der Waals surface area contributed by atoms with E-state index in [0.717, 1.165) is 18.5 Å². The monoisotopic (exact) mass is 278 g/mol. The standard InChI is InChI=1S/C16H26N2O2/c1-5-6-13-7-9-14(10-8-13)17-11-12-18-15(19)20-16(2,3)4/h7-10,17H,5-6,11-12H2,1-4H3,(H,18,19). The largest absolute Gasteiger partial charge is 0.444 e. The summed E-state index contributed by atoms with van der Waals surface area (Å²) in [4.78, 5) is 11.4. The fourth-order valence-electron chi connectivity index (χ4n) is 1.76. The highest BCUT2D eigenvalue weighted by Gasteiger charge is 2.15. The third-order valence-corrected chi connectivity index (χ3v) is 2.61. The number of benzene rings is 1. The van der Waals surface area contributed by atoms with E-state index in [2.05, 4.69) is 41.8 Å². The number of ether oxygens (including phenoxy) is 1. The molecule has 4 nitrogen and oxygen atoms in total. The van der Waals surface area contributed by atoms with Gasteiger partial charge in [-0.3, -0.25) is 0 Å². The Bertz CT molecular complexity index is 407. The molecule has 0 fully saturated rings. The van der Waals surface area contributed by atoms with Crippen LogP contribution in [-0.4, -0.2) is 24.8 Å². The van der Waals surface area contributed by atoms with E-state index in [9.17, 15) is 4.79 Å². The van der Waals surface area contributed by atoms with E-state index in [0.29, 0.717) is 13.1 Å². The molecule has 20 heavy (non-hydrogen) atoms. The van der Waals surface area contributed by atoms with E-state index in [1.54, 1.807) is 0 Å². The Morgan fingerprint density at radius 2 is 1.80 bits per heavy atom. The van der Waals surface area contributed by atoms with Gasteiger partial charge in [0.15, 0.2) is 0 Å². The van der Waals surface area contributed by atoms with Crippen molar-refractivity contribution in [2.45, 2.75) is 46.1 Å². The number of alkyl carbamates (subject to hydrolysis) is 1. The van der Waals surface area contributed by atoms with Crippen LogP contribution in [0.3, 0.4) is 0 Å². The number of hydrogen-bond acceptors (Lipinski definition) is 3. The van der Waals surface area contributed by atoms with Gasteiger partial charge in [-0.25, -0.2) is 4.79 Å². The summed E-state index contributed by atoms with van der Waals surface area (Å²) in [6, 6.07) is 8.40. The second kappa shape index (κ2) is 7.78. The normalized spacial score (nSPS) is 11.0. The van der Waals surface area contributed by atoms with E-state index < -0.39 is 5.60 Å². The fraction of sp³-hybridized carbons (Fsp3) is 0.562. The third-order valence-electron chi connectivity index (χ3n) is 2.61. The maximum atomic E-state index is 11.4. The van der Waals surface area contributed by atoms with Crippen LogP contribution >= 0.6 is 0 Å². The quantitative estimate of drug-likeness (QED) is 0.782. The van der Waals surface area contributed by atoms with E-state index in [4.69, 9.17) is 4.74 Å². The maximum Gasteiger partial charge on any atom is 0.407 e. The van der Waals surface area contributed by atoms with Gasteiger partial charge < -0.3 is 15.4 Å². The Balaban J connectivity index is 2.22. The Morgan fingerprint density at radius 1 is 1.15 bits per heavy atom. The first-order chi connectivity index (χ1) is 9.40. The van der Waals surface area contributed by atoms with Crippen LogP contribution in [0.15, 0.2) is 24.3 Å². The molecule has 4 heteroatoms. The lowest BCUT2D eigenvalue weighted by molar-refractivity contribution is 0.0530. The van der Waals surface area contributed by atoms with Gasteiger partial charge in [0, 0.05) is 18.8 Å². The Labute approximate surface area is 121 Å². The second-order valence-electron chi connectivity index (χ2n) is 5.80. The van der Waals surface area contributed by atoms with Gasteiger partial charge in [-0.2, -0.15) is 0 Å². The van der Waals surface area contributed by atoms with Crippen molar-refractivity contribution in [2.75, 3.05) is 18.4 Å². The van der Waals surface area contributed by atoms with Gasteiger partial charge >= 0.3 is 6.09 Å². The summed E-state index contributed by atoms with van der Waals surface area (Å²) < 4.78 is 5.15. The zero-order valence-corrected chi connectivity index (χ0v) is 13.0. The Hall–Kier alpha value is -1.71. The van der Waals surface area contributed by atoms with Crippen molar-refractivity contribution in [2.24, 2.45) is 0 Å². The SMILES string of the molecule is CCCc1ccc(NCCNC(=O)OC(C)(C)C)cc1. The topological polar surface area (TPSA) is 50.4 Å². The minimum Gasteiger partial charge on any atom is -0.444 e. The molecule has 2 N–H and O–H groups in total. The van der Waals surface area contributed by atoms with Crippen molar-refractivity contribution in [3.8, 4) is 0 Å². The van der Waals surface area contributed by atoms with Crippen molar-refractivity contribution >= 4 is 11.8 Å². The molecule has 0 saturated carbocycles. The molecule has 112 valence electrons. The Morgan fingerprint density at radius 3 is 2.35 bits per heavy atom. The molecule has 0 bridgehead atoms. The lowest BCUT2D eigenvalue weighted by atomic mass is 10.1. The average Bonchev–Trinajstić information content (AvgIpc) is 2.35. The van der Waals surface area contributed by atoms with E-state index >= 15 is 0 Å². The lowest BCUT2D eigenvalue weighted by Gasteiger charge is -2.19. The lowest BCUT2D eigenvalue weighted by Crippen LogP contribution is -2.34. The van der Waals surface area contributed by atoms with Crippen LogP contribution in [-0.2, 0) is 11.2 Å². The molecular weight excluding hydrogens is 252 g/mol. The molecule has 0 aliphatic carbocycles. The molecule has 0 unspecified atom stereocenters. The summed E-state index contributed by atoms with van der Waals surface area (Å²) in [5, 5.41) is 5.98. The van der Waals surface area contributed by atoms with Crippen LogP contribution in [0.2, 0.25) is 0 Å². The number of carbonyl (C=O) groups is 1. The van der Waals surface area contributed by atoms with Gasteiger partial charge in [0.05, 0.1) is 0 Å². The van der Waals surface area contributed by atoms with Gasteiger partial charge in [0.25, 0.3) is 0 Å². The summed E-state index contributed by atoms with van der Waals surface area (Å²) in [5.41, 5.74) is 1.97. The summed E-state index contributed by atoms with van der Waals surface area (Å²) in [6.45, 7) is 8.93. The molecule has 0 aliphatic rings. The van der Waals surface area contributed by atoms with E-state index in [-0.39, 0.29) is 6.09 Å². The number of carbonyl (C=O) groups excluding carboxylic acids is 1. The first kappa shape index (κ1) is 16.3. The number of hydrogen-bond donors (Lipinski definition) is 2. The van der Waals surface area contributed by atoms with Crippen LogP contribution in [0.1, 0.15) is 39.7 Å². The highest BCUT2D eigenvalue weighted by Crippen LogP contribution is 2.10. The molecule has 0 atom stereocenters. The van der Waals surface area contributed by atoms with Gasteiger partial charge in [-0.1, -0.05) is 25.5 Å². The predicted molar refractivity (Wildman–Crippen MR) is 83.2 cm³/mol. The molecule has 0 aromatic heterocycles. The zero-order chi connectivity index (χ0) is 15.0. The fourth-order valence-corrected chi connectivity index (χ4v) is 1.76. The van der Waals surface area contributed by atoms with Gasteiger partial charge in [-0.05, 0) is 44.9 Å². The average molecular weight is 278 g/mol. The van der Waals surface area contributed by atoms with Crippen molar-refractivity contribution < 1.29 is 9.53 Å².